The quantitative estimate of drug-likeness (QED) is 0.812. The van der Waals surface area contributed by atoms with Crippen LogP contribution in [0, 0.1) is 0 Å². The van der Waals surface area contributed by atoms with Gasteiger partial charge in [-0.3, -0.25) is 4.98 Å². The molecule has 7 heteroatoms. The van der Waals surface area contributed by atoms with Crippen molar-refractivity contribution in [2.75, 3.05) is 6.26 Å². The van der Waals surface area contributed by atoms with Gasteiger partial charge in [-0.1, -0.05) is 11.6 Å². The second-order valence-corrected chi connectivity index (χ2v) is 7.31. The normalized spacial score (nSPS) is 11.5. The van der Waals surface area contributed by atoms with Crippen LogP contribution in [0.3, 0.4) is 0 Å². The first kappa shape index (κ1) is 14.3. The molecule has 0 amide bonds. The molecule has 1 heterocycles. The first-order chi connectivity index (χ1) is 8.95. The Labute approximate surface area is 121 Å². The molecule has 0 unspecified atom stereocenters. The van der Waals surface area contributed by atoms with Crippen LogP contribution in [0.1, 0.15) is 5.69 Å². The van der Waals surface area contributed by atoms with E-state index in [-0.39, 0.29) is 0 Å². The largest absolute Gasteiger partial charge is 0.256 e. The van der Waals surface area contributed by atoms with Crippen LogP contribution in [-0.2, 0) is 15.6 Å². The summed E-state index contributed by atoms with van der Waals surface area (Å²) in [6, 6.07) is 6.77. The summed E-state index contributed by atoms with van der Waals surface area (Å²) in [5.74, 6) is 0.655. The molecule has 0 aliphatic rings. The highest BCUT2D eigenvalue weighted by Crippen LogP contribution is 2.23. The molecule has 19 heavy (non-hydrogen) atoms. The predicted molar refractivity (Wildman–Crippen MR) is 76.2 cm³/mol. The third-order valence-corrected chi connectivity index (χ3v) is 4.68. The third kappa shape index (κ3) is 4.19. The molecule has 0 atom stereocenters. The van der Waals surface area contributed by atoms with E-state index in [1.807, 2.05) is 0 Å². The smallest absolute Gasteiger partial charge is 0.175 e. The number of hydrogen-bond acceptors (Lipinski definition) is 5. The van der Waals surface area contributed by atoms with Gasteiger partial charge in [0.2, 0.25) is 0 Å². The molecule has 0 N–H and O–H groups in total. The molecule has 0 saturated carbocycles. The summed E-state index contributed by atoms with van der Waals surface area (Å²) in [7, 11) is -3.14. The zero-order valence-corrected chi connectivity index (χ0v) is 12.5. The first-order valence-corrected chi connectivity index (χ1v) is 8.60. The second kappa shape index (κ2) is 5.90. The van der Waals surface area contributed by atoms with Crippen molar-refractivity contribution in [3.8, 4) is 0 Å². The van der Waals surface area contributed by atoms with Crippen molar-refractivity contribution in [2.45, 2.75) is 15.5 Å². The van der Waals surface area contributed by atoms with Gasteiger partial charge in [-0.25, -0.2) is 13.4 Å². The van der Waals surface area contributed by atoms with Crippen LogP contribution in [0.5, 0.6) is 0 Å². The number of thioether (sulfide) groups is 1. The van der Waals surface area contributed by atoms with Crippen molar-refractivity contribution in [1.29, 1.82) is 0 Å². The number of halogens is 1. The summed E-state index contributed by atoms with van der Waals surface area (Å²) in [6.07, 6.45) is 4.32. The molecule has 2 rings (SSSR count). The van der Waals surface area contributed by atoms with Crippen LogP contribution >= 0.6 is 23.4 Å². The number of rotatable bonds is 4. The Morgan fingerprint density at radius 2 is 1.84 bits per heavy atom. The average molecular weight is 315 g/mol. The molecule has 1 aromatic carbocycles. The first-order valence-electron chi connectivity index (χ1n) is 5.34. The van der Waals surface area contributed by atoms with E-state index in [0.29, 0.717) is 15.8 Å². The minimum absolute atomic E-state index is 0.322. The Bertz CT molecular complexity index is 655. The maximum Gasteiger partial charge on any atom is 0.175 e. The summed E-state index contributed by atoms with van der Waals surface area (Å²) in [6.45, 7) is 0. The summed E-state index contributed by atoms with van der Waals surface area (Å²) in [5, 5.41) is 0.367. The van der Waals surface area contributed by atoms with Gasteiger partial charge in [-0.2, -0.15) is 0 Å². The minimum Gasteiger partial charge on any atom is -0.256 e. The van der Waals surface area contributed by atoms with Crippen LogP contribution < -0.4 is 0 Å². The number of hydrogen-bond donors (Lipinski definition) is 0. The Morgan fingerprint density at radius 3 is 2.37 bits per heavy atom. The lowest BCUT2D eigenvalue weighted by atomic mass is 10.4. The van der Waals surface area contributed by atoms with Gasteiger partial charge >= 0.3 is 0 Å². The lowest BCUT2D eigenvalue weighted by Crippen LogP contribution is -1.96. The summed E-state index contributed by atoms with van der Waals surface area (Å²) >= 11 is 7.21. The fourth-order valence-corrected chi connectivity index (χ4v) is 2.87. The maximum absolute atomic E-state index is 11.3. The number of nitrogens with zero attached hydrogens (tertiary/aromatic N) is 2. The predicted octanol–water partition coefficient (Wildman–Crippen LogP) is 2.83. The molecule has 0 spiro atoms. The van der Waals surface area contributed by atoms with E-state index in [1.165, 1.54) is 12.5 Å². The molecule has 0 aliphatic carbocycles. The van der Waals surface area contributed by atoms with E-state index in [9.17, 15) is 8.42 Å². The van der Waals surface area contributed by atoms with Gasteiger partial charge in [0.25, 0.3) is 0 Å². The monoisotopic (exact) mass is 314 g/mol. The van der Waals surface area contributed by atoms with Crippen molar-refractivity contribution < 1.29 is 8.42 Å². The molecule has 0 saturated heterocycles. The molecule has 0 bridgehead atoms. The molecule has 0 fully saturated rings. The molecular formula is C12H11ClN2O2S2. The zero-order valence-electron chi connectivity index (χ0n) is 10.1. The highest BCUT2D eigenvalue weighted by atomic mass is 35.5. The van der Waals surface area contributed by atoms with Crippen molar-refractivity contribution in [1.82, 2.24) is 9.97 Å². The Morgan fingerprint density at radius 1 is 1.16 bits per heavy atom. The van der Waals surface area contributed by atoms with Gasteiger partial charge in [-0.05, 0) is 24.3 Å². The zero-order chi connectivity index (χ0) is 13.9. The van der Waals surface area contributed by atoms with E-state index in [4.69, 9.17) is 11.6 Å². The Balaban J connectivity index is 2.02. The maximum atomic E-state index is 11.3. The second-order valence-electron chi connectivity index (χ2n) is 3.86. The van der Waals surface area contributed by atoms with Gasteiger partial charge in [0, 0.05) is 16.9 Å². The SMILES string of the molecule is CS(=O)(=O)c1ccc(SCc2cnc(Cl)cn2)cc1. The summed E-state index contributed by atoms with van der Waals surface area (Å²) in [5.41, 5.74) is 0.821. The van der Waals surface area contributed by atoms with Crippen LogP contribution in [0.2, 0.25) is 5.15 Å². The summed E-state index contributed by atoms with van der Waals surface area (Å²) < 4.78 is 22.6. The topological polar surface area (TPSA) is 59.9 Å². The lowest BCUT2D eigenvalue weighted by molar-refractivity contribution is 0.602. The highest BCUT2D eigenvalue weighted by Gasteiger charge is 2.06. The Kier molecular flexibility index (Phi) is 4.44. The molecule has 0 aliphatic heterocycles. The fraction of sp³-hybridized carbons (Fsp3) is 0.167. The molecular weight excluding hydrogens is 304 g/mol. The fourth-order valence-electron chi connectivity index (χ4n) is 1.35. The van der Waals surface area contributed by atoms with E-state index in [1.54, 1.807) is 42.2 Å². The van der Waals surface area contributed by atoms with Crippen LogP contribution in [0.25, 0.3) is 0 Å². The van der Waals surface area contributed by atoms with Gasteiger partial charge in [0.15, 0.2) is 9.84 Å². The van der Waals surface area contributed by atoms with E-state index in [2.05, 4.69) is 9.97 Å². The molecule has 1 aromatic heterocycles. The molecule has 2 aromatic rings. The van der Waals surface area contributed by atoms with E-state index < -0.39 is 9.84 Å². The number of benzene rings is 1. The van der Waals surface area contributed by atoms with Gasteiger partial charge in [0.1, 0.15) is 5.15 Å². The lowest BCUT2D eigenvalue weighted by Gasteiger charge is -2.03. The molecule has 4 nitrogen and oxygen atoms in total. The van der Waals surface area contributed by atoms with Gasteiger partial charge in [-0.15, -0.1) is 11.8 Å². The molecule has 100 valence electrons. The highest BCUT2D eigenvalue weighted by molar-refractivity contribution is 7.98. The van der Waals surface area contributed by atoms with Gasteiger partial charge < -0.3 is 0 Å². The van der Waals surface area contributed by atoms with Crippen molar-refractivity contribution >= 4 is 33.2 Å². The summed E-state index contributed by atoms with van der Waals surface area (Å²) in [4.78, 5) is 9.39. The van der Waals surface area contributed by atoms with Crippen molar-refractivity contribution in [3.05, 3.63) is 47.5 Å². The van der Waals surface area contributed by atoms with E-state index in [0.717, 1.165) is 10.6 Å². The average Bonchev–Trinajstić information content (AvgIpc) is 2.37. The Hall–Kier alpha value is -1.11. The van der Waals surface area contributed by atoms with Crippen molar-refractivity contribution in [2.24, 2.45) is 0 Å². The number of sulfone groups is 1. The third-order valence-electron chi connectivity index (χ3n) is 2.31. The standard InChI is InChI=1S/C12H11ClN2O2S2/c1-19(16,17)11-4-2-10(3-5-11)18-8-9-6-15-12(13)7-14-9/h2-7H,8H2,1H3. The minimum atomic E-state index is -3.14. The van der Waals surface area contributed by atoms with Crippen LogP contribution in [0.4, 0.5) is 0 Å². The van der Waals surface area contributed by atoms with Crippen LogP contribution in [0.15, 0.2) is 46.5 Å². The molecule has 0 radical (unpaired) electrons. The number of aromatic nitrogens is 2. The van der Waals surface area contributed by atoms with Gasteiger partial charge in [0.05, 0.1) is 23.0 Å². The van der Waals surface area contributed by atoms with Crippen LogP contribution in [-0.4, -0.2) is 24.6 Å². The van der Waals surface area contributed by atoms with Crippen molar-refractivity contribution in [3.63, 3.8) is 0 Å². The van der Waals surface area contributed by atoms with E-state index >= 15 is 0 Å².